The second kappa shape index (κ2) is 14.5. The summed E-state index contributed by atoms with van der Waals surface area (Å²) in [6.07, 6.45) is 13.2. The van der Waals surface area contributed by atoms with Crippen molar-refractivity contribution in [2.45, 2.75) is 96.4 Å². The van der Waals surface area contributed by atoms with E-state index >= 15 is 0 Å². The maximum absolute atomic E-state index is 13.0. The van der Waals surface area contributed by atoms with Crippen LogP contribution in [0.4, 0.5) is 13.2 Å². The molecule has 0 radical (unpaired) electrons. The van der Waals surface area contributed by atoms with Crippen molar-refractivity contribution in [3.8, 4) is 0 Å². The fraction of sp³-hybridized carbons (Fsp3) is 0.556. The fourth-order valence-electron chi connectivity index (χ4n) is 4.35. The number of imide groups is 1. The van der Waals surface area contributed by atoms with Crippen LogP contribution in [-0.4, -0.2) is 31.3 Å². The molecule has 0 fully saturated rings. The number of benzene rings is 2. The van der Waals surface area contributed by atoms with E-state index in [-0.39, 0.29) is 12.0 Å². The lowest BCUT2D eigenvalue weighted by atomic mass is 9.94. The highest BCUT2D eigenvalue weighted by Crippen LogP contribution is 2.29. The van der Waals surface area contributed by atoms with Crippen LogP contribution in [0.15, 0.2) is 30.3 Å². The zero-order valence-electron chi connectivity index (χ0n) is 21.5. The summed E-state index contributed by atoms with van der Waals surface area (Å²) in [5.74, 6) is -1.29. The van der Waals surface area contributed by atoms with Crippen LogP contribution in [0.3, 0.4) is 0 Å². The Kier molecular flexibility index (Phi) is 12.0. The standard InChI is InChI=1S/C27H36F3NO5S/c1-3-4-5-6-7-8-9-10-11-12-13-16-22-18-23-17-14-15-21(2)25(23)24(19-22)26(33)31(20-32)36-37(34,35)27(28,29)30/h14-15,17-20H,3-13,16H2,1-2H3. The molecule has 0 aliphatic heterocycles. The van der Waals surface area contributed by atoms with Gasteiger partial charge in [0.05, 0.1) is 5.56 Å². The minimum Gasteiger partial charge on any atom is -0.276 e. The van der Waals surface area contributed by atoms with Gasteiger partial charge in [0.15, 0.2) is 0 Å². The van der Waals surface area contributed by atoms with E-state index in [2.05, 4.69) is 11.2 Å². The first-order chi connectivity index (χ1) is 17.5. The fourth-order valence-corrected chi connectivity index (χ4v) is 4.75. The van der Waals surface area contributed by atoms with E-state index in [1.54, 1.807) is 25.1 Å². The van der Waals surface area contributed by atoms with Crippen molar-refractivity contribution >= 4 is 33.2 Å². The molecule has 0 aliphatic rings. The number of unbranched alkanes of at least 4 members (excludes halogenated alkanes) is 10. The van der Waals surface area contributed by atoms with Crippen LogP contribution in [0, 0.1) is 6.92 Å². The van der Waals surface area contributed by atoms with Gasteiger partial charge < -0.3 is 0 Å². The monoisotopic (exact) mass is 543 g/mol. The van der Waals surface area contributed by atoms with E-state index in [0.29, 0.717) is 22.8 Å². The van der Waals surface area contributed by atoms with Gasteiger partial charge in [0.2, 0.25) is 6.41 Å². The van der Waals surface area contributed by atoms with Crippen LogP contribution < -0.4 is 0 Å². The van der Waals surface area contributed by atoms with Gasteiger partial charge in [0.25, 0.3) is 5.91 Å². The van der Waals surface area contributed by atoms with E-state index in [0.717, 1.165) is 31.2 Å². The van der Waals surface area contributed by atoms with Crippen LogP contribution in [0.1, 0.15) is 99.0 Å². The summed E-state index contributed by atoms with van der Waals surface area (Å²) >= 11 is 0. The van der Waals surface area contributed by atoms with Gasteiger partial charge in [-0.2, -0.15) is 21.6 Å². The normalized spacial score (nSPS) is 12.1. The van der Waals surface area contributed by atoms with Crippen molar-refractivity contribution in [1.29, 1.82) is 0 Å². The van der Waals surface area contributed by atoms with E-state index in [1.807, 2.05) is 6.07 Å². The summed E-state index contributed by atoms with van der Waals surface area (Å²) < 4.78 is 64.8. The number of hydrogen-bond acceptors (Lipinski definition) is 5. The third-order valence-corrected chi connectivity index (χ3v) is 7.23. The lowest BCUT2D eigenvalue weighted by Crippen LogP contribution is -2.37. The highest BCUT2D eigenvalue weighted by Gasteiger charge is 2.50. The Morgan fingerprint density at radius 1 is 0.946 bits per heavy atom. The number of rotatable bonds is 16. The van der Waals surface area contributed by atoms with Crippen molar-refractivity contribution in [1.82, 2.24) is 5.06 Å². The molecule has 0 aliphatic carbocycles. The average molecular weight is 544 g/mol. The van der Waals surface area contributed by atoms with Crippen LogP contribution in [-0.2, 0) is 25.6 Å². The van der Waals surface area contributed by atoms with Gasteiger partial charge in [-0.25, -0.2) is 0 Å². The molecule has 10 heteroatoms. The maximum atomic E-state index is 13.0. The molecule has 2 aromatic carbocycles. The molecular weight excluding hydrogens is 507 g/mol. The quantitative estimate of drug-likeness (QED) is 0.0955. The van der Waals surface area contributed by atoms with Gasteiger partial charge in [-0.1, -0.05) is 95.4 Å². The number of aryl methyl sites for hydroxylation is 2. The summed E-state index contributed by atoms with van der Waals surface area (Å²) in [6.45, 7) is 3.92. The average Bonchev–Trinajstić information content (AvgIpc) is 2.84. The zero-order chi connectivity index (χ0) is 27.5. The maximum Gasteiger partial charge on any atom is 0.525 e. The number of amides is 2. The highest BCUT2D eigenvalue weighted by atomic mass is 32.2. The third kappa shape index (κ3) is 9.10. The second-order valence-electron chi connectivity index (χ2n) is 9.31. The molecular formula is C27H36F3NO5S. The summed E-state index contributed by atoms with van der Waals surface area (Å²) in [4.78, 5) is 24.4. The minimum atomic E-state index is -6.20. The summed E-state index contributed by atoms with van der Waals surface area (Å²) in [5, 5.41) is 0.652. The molecule has 2 rings (SSSR count). The minimum absolute atomic E-state index is 0.0989. The molecule has 0 aromatic heterocycles. The summed E-state index contributed by atoms with van der Waals surface area (Å²) in [5.41, 5.74) is -4.48. The van der Waals surface area contributed by atoms with Crippen molar-refractivity contribution < 1.29 is 35.5 Å². The smallest absolute Gasteiger partial charge is 0.276 e. The molecule has 0 spiro atoms. The van der Waals surface area contributed by atoms with Crippen LogP contribution in [0.5, 0.6) is 0 Å². The Labute approximate surface area is 217 Å². The van der Waals surface area contributed by atoms with Crippen LogP contribution >= 0.6 is 0 Å². The first-order valence-electron chi connectivity index (χ1n) is 12.8. The Morgan fingerprint density at radius 3 is 2.05 bits per heavy atom. The van der Waals surface area contributed by atoms with Crippen LogP contribution in [0.2, 0.25) is 0 Å². The van der Waals surface area contributed by atoms with Gasteiger partial charge in [0.1, 0.15) is 0 Å². The molecule has 0 bridgehead atoms. The van der Waals surface area contributed by atoms with E-state index in [1.165, 1.54) is 51.0 Å². The lowest BCUT2D eigenvalue weighted by Gasteiger charge is -2.18. The highest BCUT2D eigenvalue weighted by molar-refractivity contribution is 7.87. The SMILES string of the molecule is CCCCCCCCCCCCCc1cc(C(=O)N(C=O)OS(=O)(=O)C(F)(F)F)c2c(C)cccc2c1. The van der Waals surface area contributed by atoms with Crippen molar-refractivity contribution in [2.24, 2.45) is 0 Å². The predicted octanol–water partition coefficient (Wildman–Crippen LogP) is 7.38. The number of nitrogens with zero attached hydrogens (tertiary/aromatic N) is 1. The van der Waals surface area contributed by atoms with Crippen molar-refractivity contribution in [3.63, 3.8) is 0 Å². The molecule has 0 saturated heterocycles. The van der Waals surface area contributed by atoms with Crippen molar-refractivity contribution in [3.05, 3.63) is 47.0 Å². The largest absolute Gasteiger partial charge is 0.525 e. The second-order valence-corrected chi connectivity index (χ2v) is 10.8. The topological polar surface area (TPSA) is 80.8 Å². The van der Waals surface area contributed by atoms with Crippen molar-refractivity contribution in [2.75, 3.05) is 0 Å². The summed E-state index contributed by atoms with van der Waals surface area (Å²) in [7, 11) is -6.20. The van der Waals surface area contributed by atoms with E-state index < -0.39 is 26.6 Å². The molecule has 2 aromatic rings. The Hall–Kier alpha value is -2.46. The molecule has 0 unspecified atom stereocenters. The third-order valence-electron chi connectivity index (χ3n) is 6.30. The molecule has 37 heavy (non-hydrogen) atoms. The molecule has 0 saturated carbocycles. The zero-order valence-corrected chi connectivity index (χ0v) is 22.3. The molecule has 206 valence electrons. The number of fused-ring (bicyclic) bond motifs is 1. The van der Waals surface area contributed by atoms with Crippen LogP contribution in [0.25, 0.3) is 10.8 Å². The molecule has 6 nitrogen and oxygen atoms in total. The number of carbonyl (C=O) groups excluding carboxylic acids is 2. The van der Waals surface area contributed by atoms with Gasteiger partial charge in [0, 0.05) is 0 Å². The number of halogens is 3. The number of alkyl halides is 3. The van der Waals surface area contributed by atoms with Gasteiger partial charge >= 0.3 is 15.6 Å². The lowest BCUT2D eigenvalue weighted by molar-refractivity contribution is -0.136. The van der Waals surface area contributed by atoms with E-state index in [9.17, 15) is 31.2 Å². The van der Waals surface area contributed by atoms with E-state index in [4.69, 9.17) is 0 Å². The molecule has 2 amide bonds. The van der Waals surface area contributed by atoms with Gasteiger partial charge in [-0.15, -0.1) is 9.35 Å². The molecule has 0 atom stereocenters. The number of hydroxylamine groups is 2. The van der Waals surface area contributed by atoms with Gasteiger partial charge in [-0.3, -0.25) is 9.59 Å². The first-order valence-corrected chi connectivity index (χ1v) is 14.2. The Balaban J connectivity index is 2.07. The summed E-state index contributed by atoms with van der Waals surface area (Å²) in [6, 6.07) is 8.63. The molecule has 0 heterocycles. The predicted molar refractivity (Wildman–Crippen MR) is 137 cm³/mol. The Morgan fingerprint density at radius 2 is 1.51 bits per heavy atom. The number of carbonyl (C=O) groups is 2. The van der Waals surface area contributed by atoms with Gasteiger partial charge in [-0.05, 0) is 47.7 Å². The first kappa shape index (κ1) is 30.8. The Bertz CT molecular complexity index is 1150. The molecule has 0 N–H and O–H groups in total. The number of hydrogen-bond donors (Lipinski definition) is 0.